The molecule has 1 fully saturated rings. The summed E-state index contributed by atoms with van der Waals surface area (Å²) in [5, 5.41) is 12.2. The molecule has 4 nitrogen and oxygen atoms in total. The molecule has 2 heterocycles. The lowest BCUT2D eigenvalue weighted by Crippen LogP contribution is -2.46. The summed E-state index contributed by atoms with van der Waals surface area (Å²) in [4.78, 5) is 14.4. The molecule has 0 bridgehead atoms. The van der Waals surface area contributed by atoms with Crippen LogP contribution in [0.2, 0.25) is 0 Å². The summed E-state index contributed by atoms with van der Waals surface area (Å²) in [6.45, 7) is 4.58. The average Bonchev–Trinajstić information content (AvgIpc) is 2.91. The van der Waals surface area contributed by atoms with E-state index in [-0.39, 0.29) is 11.8 Å². The number of carbonyl (C=O) groups excluding carboxylic acids is 1. The van der Waals surface area contributed by atoms with E-state index in [0.717, 1.165) is 18.0 Å². The second kappa shape index (κ2) is 7.14. The van der Waals surface area contributed by atoms with E-state index in [1.165, 1.54) is 0 Å². The number of rotatable bonds is 6. The number of morpholine rings is 1. The standard InChI is InChI=1S/C14H21NO3S/c1-11(16)4-5-15-6-7-18-10-12(15)9-13(17)14-3-2-8-19-14/h2-3,8,12-13,17H,4-7,9-10H2,1H3. The topological polar surface area (TPSA) is 49.8 Å². The molecule has 19 heavy (non-hydrogen) atoms. The molecule has 1 aliphatic heterocycles. The molecule has 1 saturated heterocycles. The third-order valence-electron chi connectivity index (χ3n) is 3.47. The molecule has 1 aromatic heterocycles. The molecule has 0 aromatic carbocycles. The van der Waals surface area contributed by atoms with Gasteiger partial charge in [0.25, 0.3) is 0 Å². The molecule has 1 N–H and O–H groups in total. The third kappa shape index (κ3) is 4.38. The molecule has 2 rings (SSSR count). The predicted molar refractivity (Wildman–Crippen MR) is 75.4 cm³/mol. The van der Waals surface area contributed by atoms with Crippen molar-refractivity contribution in [1.82, 2.24) is 4.90 Å². The van der Waals surface area contributed by atoms with Crippen LogP contribution in [0.3, 0.4) is 0 Å². The Morgan fingerprint density at radius 3 is 3.21 bits per heavy atom. The van der Waals surface area contributed by atoms with E-state index in [1.807, 2.05) is 17.5 Å². The van der Waals surface area contributed by atoms with Crippen LogP contribution in [-0.4, -0.2) is 48.1 Å². The van der Waals surface area contributed by atoms with Crippen LogP contribution in [-0.2, 0) is 9.53 Å². The van der Waals surface area contributed by atoms with Gasteiger partial charge in [0.05, 0.1) is 19.3 Å². The highest BCUT2D eigenvalue weighted by atomic mass is 32.1. The van der Waals surface area contributed by atoms with Crippen LogP contribution in [0.4, 0.5) is 0 Å². The lowest BCUT2D eigenvalue weighted by molar-refractivity contribution is -0.118. The molecular weight excluding hydrogens is 262 g/mol. The number of nitrogens with zero attached hydrogens (tertiary/aromatic N) is 1. The molecule has 0 spiro atoms. The summed E-state index contributed by atoms with van der Waals surface area (Å²) in [5.74, 6) is 0.212. The summed E-state index contributed by atoms with van der Waals surface area (Å²) >= 11 is 1.58. The molecule has 0 aliphatic carbocycles. The van der Waals surface area contributed by atoms with Crippen molar-refractivity contribution in [2.75, 3.05) is 26.3 Å². The van der Waals surface area contributed by atoms with Crippen molar-refractivity contribution in [3.63, 3.8) is 0 Å². The first-order valence-electron chi connectivity index (χ1n) is 6.69. The van der Waals surface area contributed by atoms with E-state index < -0.39 is 6.10 Å². The third-order valence-corrected chi connectivity index (χ3v) is 4.44. The maximum Gasteiger partial charge on any atom is 0.131 e. The summed E-state index contributed by atoms with van der Waals surface area (Å²) in [6.07, 6.45) is 0.802. The van der Waals surface area contributed by atoms with Gasteiger partial charge in [-0.2, -0.15) is 0 Å². The summed E-state index contributed by atoms with van der Waals surface area (Å²) in [5.41, 5.74) is 0. The van der Waals surface area contributed by atoms with Crippen molar-refractivity contribution in [1.29, 1.82) is 0 Å². The van der Waals surface area contributed by atoms with Crippen molar-refractivity contribution < 1.29 is 14.6 Å². The zero-order chi connectivity index (χ0) is 13.7. The van der Waals surface area contributed by atoms with Gasteiger partial charge in [-0.3, -0.25) is 9.69 Å². The van der Waals surface area contributed by atoms with Gasteiger partial charge >= 0.3 is 0 Å². The second-order valence-corrected chi connectivity index (χ2v) is 5.96. The van der Waals surface area contributed by atoms with Crippen molar-refractivity contribution >= 4 is 17.1 Å². The van der Waals surface area contributed by atoms with Gasteiger partial charge in [0.1, 0.15) is 5.78 Å². The smallest absolute Gasteiger partial charge is 0.131 e. The number of thiophene rings is 1. The zero-order valence-electron chi connectivity index (χ0n) is 11.2. The molecule has 0 saturated carbocycles. The summed E-state index contributed by atoms with van der Waals surface area (Å²) in [6, 6.07) is 4.11. The average molecular weight is 283 g/mol. The SMILES string of the molecule is CC(=O)CCN1CCOCC1CC(O)c1cccs1. The Kier molecular flexibility index (Phi) is 5.51. The number of hydrogen-bond donors (Lipinski definition) is 1. The van der Waals surface area contributed by atoms with Crippen LogP contribution in [0.25, 0.3) is 0 Å². The van der Waals surface area contributed by atoms with Crippen LogP contribution in [0, 0.1) is 0 Å². The monoisotopic (exact) mass is 283 g/mol. The molecule has 1 aliphatic rings. The number of ketones is 1. The maximum atomic E-state index is 11.1. The van der Waals surface area contributed by atoms with Gasteiger partial charge in [-0.1, -0.05) is 6.07 Å². The summed E-state index contributed by atoms with van der Waals surface area (Å²) in [7, 11) is 0. The predicted octanol–water partition coefficient (Wildman–Crippen LogP) is 1.85. The van der Waals surface area contributed by atoms with Gasteiger partial charge in [-0.05, 0) is 24.8 Å². The van der Waals surface area contributed by atoms with Gasteiger partial charge in [0.15, 0.2) is 0 Å². The zero-order valence-corrected chi connectivity index (χ0v) is 12.1. The second-order valence-electron chi connectivity index (χ2n) is 4.98. The number of aliphatic hydroxyl groups is 1. The maximum absolute atomic E-state index is 11.1. The Balaban J connectivity index is 1.89. The fourth-order valence-corrected chi connectivity index (χ4v) is 3.08. The van der Waals surface area contributed by atoms with Crippen LogP contribution >= 0.6 is 11.3 Å². The minimum absolute atomic E-state index is 0.199. The number of Topliss-reactive ketones (excluding diaryl/α,β-unsaturated/α-hetero) is 1. The largest absolute Gasteiger partial charge is 0.388 e. The van der Waals surface area contributed by atoms with E-state index in [4.69, 9.17) is 4.74 Å². The van der Waals surface area contributed by atoms with E-state index in [1.54, 1.807) is 18.3 Å². The first-order chi connectivity index (χ1) is 9.16. The van der Waals surface area contributed by atoms with Gasteiger partial charge in [-0.15, -0.1) is 11.3 Å². The minimum atomic E-state index is -0.438. The van der Waals surface area contributed by atoms with Crippen molar-refractivity contribution in [2.24, 2.45) is 0 Å². The quantitative estimate of drug-likeness (QED) is 0.865. The number of carbonyl (C=O) groups is 1. The summed E-state index contributed by atoms with van der Waals surface area (Å²) < 4.78 is 5.50. The Labute approximate surface area is 118 Å². The molecule has 0 radical (unpaired) electrons. The van der Waals surface area contributed by atoms with E-state index in [0.29, 0.717) is 26.1 Å². The molecule has 2 atom stereocenters. The first kappa shape index (κ1) is 14.7. The normalized spacial score (nSPS) is 22.3. The Hall–Kier alpha value is -0.750. The fourth-order valence-electron chi connectivity index (χ4n) is 2.36. The van der Waals surface area contributed by atoms with Crippen LogP contribution in [0.5, 0.6) is 0 Å². The van der Waals surface area contributed by atoms with Gasteiger partial charge in [0, 0.05) is 30.4 Å². The Morgan fingerprint density at radius 2 is 2.53 bits per heavy atom. The lowest BCUT2D eigenvalue weighted by atomic mass is 10.1. The Bertz CT molecular complexity index is 393. The number of hydrogen-bond acceptors (Lipinski definition) is 5. The molecule has 106 valence electrons. The van der Waals surface area contributed by atoms with Crippen LogP contribution in [0.1, 0.15) is 30.7 Å². The minimum Gasteiger partial charge on any atom is -0.388 e. The highest BCUT2D eigenvalue weighted by Gasteiger charge is 2.26. The van der Waals surface area contributed by atoms with Crippen LogP contribution in [0.15, 0.2) is 17.5 Å². The number of ether oxygens (including phenoxy) is 1. The van der Waals surface area contributed by atoms with E-state index >= 15 is 0 Å². The van der Waals surface area contributed by atoms with Crippen molar-refractivity contribution in [3.8, 4) is 0 Å². The highest BCUT2D eigenvalue weighted by molar-refractivity contribution is 7.10. The first-order valence-corrected chi connectivity index (χ1v) is 7.57. The van der Waals surface area contributed by atoms with Gasteiger partial charge < -0.3 is 9.84 Å². The fraction of sp³-hybridized carbons (Fsp3) is 0.643. The van der Waals surface area contributed by atoms with Crippen LogP contribution < -0.4 is 0 Å². The number of aliphatic hydroxyl groups excluding tert-OH is 1. The van der Waals surface area contributed by atoms with Crippen molar-refractivity contribution in [3.05, 3.63) is 22.4 Å². The van der Waals surface area contributed by atoms with Gasteiger partial charge in [0.2, 0.25) is 0 Å². The van der Waals surface area contributed by atoms with Gasteiger partial charge in [-0.25, -0.2) is 0 Å². The molecule has 5 heteroatoms. The molecule has 1 aromatic rings. The van der Waals surface area contributed by atoms with Crippen molar-refractivity contribution in [2.45, 2.75) is 31.9 Å². The Morgan fingerprint density at radius 1 is 1.68 bits per heavy atom. The lowest BCUT2D eigenvalue weighted by Gasteiger charge is -2.36. The molecule has 0 amide bonds. The highest BCUT2D eigenvalue weighted by Crippen LogP contribution is 2.25. The van der Waals surface area contributed by atoms with E-state index in [9.17, 15) is 9.90 Å². The van der Waals surface area contributed by atoms with E-state index in [2.05, 4.69) is 4.90 Å². The molecule has 2 unspecified atom stereocenters. The molecular formula is C14H21NO3S.